The predicted molar refractivity (Wildman–Crippen MR) is 144 cm³/mol. The van der Waals surface area contributed by atoms with Crippen LogP contribution in [0.15, 0.2) is 30.3 Å². The van der Waals surface area contributed by atoms with Crippen molar-refractivity contribution in [3.05, 3.63) is 51.9 Å². The van der Waals surface area contributed by atoms with Crippen molar-refractivity contribution >= 4 is 28.8 Å². The van der Waals surface area contributed by atoms with Crippen molar-refractivity contribution < 1.29 is 19.4 Å². The van der Waals surface area contributed by atoms with E-state index < -0.39 is 17.7 Å². The first-order chi connectivity index (χ1) is 16.3. The van der Waals surface area contributed by atoms with Gasteiger partial charge in [0, 0.05) is 33.0 Å². The van der Waals surface area contributed by atoms with Crippen molar-refractivity contribution in [2.75, 3.05) is 6.54 Å². The molecule has 1 aliphatic rings. The number of rotatable bonds is 8. The molecular weight excluding hydrogens is 458 g/mol. The monoisotopic (exact) mass is 497 g/mol. The van der Waals surface area contributed by atoms with Crippen LogP contribution in [0.4, 0.5) is 0 Å². The van der Waals surface area contributed by atoms with Crippen LogP contribution in [0.2, 0.25) is 0 Å². The molecule has 2 N–H and O–H groups in total. The molecule has 1 atom stereocenters. The molecule has 190 valence electrons. The molecule has 0 spiro atoms. The van der Waals surface area contributed by atoms with Crippen LogP contribution in [0.3, 0.4) is 0 Å². The summed E-state index contributed by atoms with van der Waals surface area (Å²) in [6, 6.07) is 7.62. The molecule has 3 rings (SSSR count). The van der Waals surface area contributed by atoms with E-state index in [0.29, 0.717) is 12.1 Å². The van der Waals surface area contributed by atoms with Gasteiger partial charge in [0.1, 0.15) is 0 Å². The van der Waals surface area contributed by atoms with Gasteiger partial charge in [0.2, 0.25) is 0 Å². The van der Waals surface area contributed by atoms with Crippen molar-refractivity contribution in [2.45, 2.75) is 85.9 Å². The van der Waals surface area contributed by atoms with Gasteiger partial charge < -0.3 is 15.2 Å². The van der Waals surface area contributed by atoms with Gasteiger partial charge in [-0.05, 0) is 82.1 Å². The van der Waals surface area contributed by atoms with Gasteiger partial charge in [-0.25, -0.2) is 4.79 Å². The summed E-state index contributed by atoms with van der Waals surface area (Å²) in [6.07, 6.45) is 5.00. The molecule has 1 unspecified atom stereocenters. The zero-order valence-corrected chi connectivity index (χ0v) is 22.9. The minimum atomic E-state index is -1.05. The molecule has 35 heavy (non-hydrogen) atoms. The highest BCUT2D eigenvalue weighted by Crippen LogP contribution is 2.48. The Kier molecular flexibility index (Phi) is 8.28. The van der Waals surface area contributed by atoms with E-state index in [1.54, 1.807) is 11.3 Å². The summed E-state index contributed by atoms with van der Waals surface area (Å²) in [6.45, 7) is 14.8. The van der Waals surface area contributed by atoms with Gasteiger partial charge in [-0.2, -0.15) is 0 Å². The second-order valence-corrected chi connectivity index (χ2v) is 12.4. The minimum absolute atomic E-state index is 0.0802. The first-order valence-electron chi connectivity index (χ1n) is 12.4. The number of benzene rings is 1. The number of carboxylic acids is 1. The highest BCUT2D eigenvalue weighted by molar-refractivity contribution is 7.16. The molecule has 0 bridgehead atoms. The van der Waals surface area contributed by atoms with Gasteiger partial charge in [-0.1, -0.05) is 39.0 Å². The lowest BCUT2D eigenvalue weighted by molar-refractivity contribution is -0.160. The van der Waals surface area contributed by atoms with E-state index in [9.17, 15) is 14.7 Å². The molecule has 1 aliphatic carbocycles. The lowest BCUT2D eigenvalue weighted by atomic mass is 9.76. The Labute approximate surface area is 213 Å². The Bertz CT molecular complexity index is 1100. The fourth-order valence-corrected chi connectivity index (χ4v) is 5.62. The van der Waals surface area contributed by atoms with E-state index in [1.807, 2.05) is 58.9 Å². The number of allylic oxidation sites excluding steroid dienone is 2. The van der Waals surface area contributed by atoms with Crippen molar-refractivity contribution in [1.82, 2.24) is 5.32 Å². The number of carboxylic acid groups (broad SMARTS) is 1. The Morgan fingerprint density at radius 2 is 1.86 bits per heavy atom. The van der Waals surface area contributed by atoms with Crippen LogP contribution in [0, 0.1) is 12.3 Å². The number of aryl methyl sites for hydroxylation is 1. The SMILES string of the molecule is CCCNC(=O)c1ccc(-c2sc(C)c(C(OC(C)(C)C)C(=O)O)c2C2=CCC(C)(C)CC2)cc1. The molecule has 1 heterocycles. The van der Waals surface area contributed by atoms with Crippen LogP contribution in [-0.2, 0) is 9.53 Å². The fourth-order valence-electron chi connectivity index (χ4n) is 4.40. The molecule has 2 aromatic rings. The maximum Gasteiger partial charge on any atom is 0.337 e. The largest absolute Gasteiger partial charge is 0.479 e. The molecule has 0 saturated carbocycles. The smallest absolute Gasteiger partial charge is 0.337 e. The third-order valence-corrected chi connectivity index (χ3v) is 7.50. The Morgan fingerprint density at radius 3 is 2.37 bits per heavy atom. The summed E-state index contributed by atoms with van der Waals surface area (Å²) in [7, 11) is 0. The van der Waals surface area contributed by atoms with E-state index in [1.165, 1.54) is 5.57 Å². The van der Waals surface area contributed by atoms with Crippen LogP contribution < -0.4 is 5.32 Å². The Hall–Kier alpha value is -2.44. The zero-order chi connectivity index (χ0) is 26.0. The molecule has 1 aromatic carbocycles. The second-order valence-electron chi connectivity index (χ2n) is 11.2. The Morgan fingerprint density at radius 1 is 1.20 bits per heavy atom. The number of thiophene rings is 1. The van der Waals surface area contributed by atoms with Gasteiger partial charge >= 0.3 is 5.97 Å². The lowest BCUT2D eigenvalue weighted by Gasteiger charge is -2.31. The predicted octanol–water partition coefficient (Wildman–Crippen LogP) is 7.40. The third kappa shape index (κ3) is 6.62. The zero-order valence-electron chi connectivity index (χ0n) is 22.1. The molecule has 0 radical (unpaired) electrons. The standard InChI is InChI=1S/C29H39NO4S/c1-8-17-30-26(31)21-11-9-20(10-12-21)25-23(19-13-15-29(6,7)16-14-19)22(18(2)35-25)24(27(32)33)34-28(3,4)5/h9-13,24H,8,14-17H2,1-7H3,(H,30,31)(H,32,33). The molecular formula is C29H39NO4S. The summed E-state index contributed by atoms with van der Waals surface area (Å²) >= 11 is 1.60. The molecule has 1 amide bonds. The summed E-state index contributed by atoms with van der Waals surface area (Å²) in [5.41, 5.74) is 4.16. The van der Waals surface area contributed by atoms with Gasteiger partial charge in [0.05, 0.1) is 5.60 Å². The van der Waals surface area contributed by atoms with Crippen molar-refractivity contribution in [1.29, 1.82) is 0 Å². The maximum atomic E-state index is 12.4. The number of amides is 1. The number of hydrogen-bond acceptors (Lipinski definition) is 4. The van der Waals surface area contributed by atoms with Crippen LogP contribution in [0.1, 0.15) is 99.7 Å². The summed E-state index contributed by atoms with van der Waals surface area (Å²) in [4.78, 5) is 26.8. The average Bonchev–Trinajstić information content (AvgIpc) is 3.12. The third-order valence-electron chi connectivity index (χ3n) is 6.33. The summed E-state index contributed by atoms with van der Waals surface area (Å²) < 4.78 is 6.10. The van der Waals surface area contributed by atoms with Crippen molar-refractivity contribution in [3.8, 4) is 10.4 Å². The second kappa shape index (κ2) is 10.7. The first-order valence-corrected chi connectivity index (χ1v) is 13.3. The van der Waals surface area contributed by atoms with Gasteiger partial charge in [0.25, 0.3) is 5.91 Å². The quantitative estimate of drug-likeness (QED) is 0.398. The van der Waals surface area contributed by atoms with Crippen molar-refractivity contribution in [2.24, 2.45) is 5.41 Å². The van der Waals surface area contributed by atoms with Crippen LogP contribution >= 0.6 is 11.3 Å². The molecule has 6 heteroatoms. The normalized spacial score (nSPS) is 16.5. The van der Waals surface area contributed by atoms with Crippen molar-refractivity contribution in [3.63, 3.8) is 0 Å². The fraction of sp³-hybridized carbons (Fsp3) is 0.517. The summed E-state index contributed by atoms with van der Waals surface area (Å²) in [5.74, 6) is -1.06. The van der Waals surface area contributed by atoms with E-state index in [-0.39, 0.29) is 11.3 Å². The van der Waals surface area contributed by atoms with Gasteiger partial charge in [0.15, 0.2) is 6.10 Å². The van der Waals surface area contributed by atoms with Crippen LogP contribution in [0.5, 0.6) is 0 Å². The van der Waals surface area contributed by atoms with Crippen LogP contribution in [0.25, 0.3) is 16.0 Å². The van der Waals surface area contributed by atoms with E-state index in [2.05, 4.69) is 25.2 Å². The molecule has 1 aromatic heterocycles. The van der Waals surface area contributed by atoms with Gasteiger partial charge in [-0.15, -0.1) is 11.3 Å². The number of carbonyl (C=O) groups is 2. The Balaban J connectivity index is 2.13. The average molecular weight is 498 g/mol. The van der Waals surface area contributed by atoms with E-state index >= 15 is 0 Å². The minimum Gasteiger partial charge on any atom is -0.479 e. The maximum absolute atomic E-state index is 12.4. The molecule has 0 saturated heterocycles. The number of hydrogen-bond donors (Lipinski definition) is 2. The number of carbonyl (C=O) groups excluding carboxylic acids is 1. The number of nitrogens with one attached hydrogen (secondary N) is 1. The first kappa shape index (κ1) is 27.2. The lowest BCUT2D eigenvalue weighted by Crippen LogP contribution is -2.28. The highest BCUT2D eigenvalue weighted by atomic mass is 32.1. The topological polar surface area (TPSA) is 75.6 Å². The molecule has 5 nitrogen and oxygen atoms in total. The van der Waals surface area contributed by atoms with E-state index in [0.717, 1.165) is 52.1 Å². The van der Waals surface area contributed by atoms with E-state index in [4.69, 9.17) is 4.74 Å². The number of ether oxygens (including phenoxy) is 1. The summed E-state index contributed by atoms with van der Waals surface area (Å²) in [5, 5.41) is 13.1. The molecule has 0 fully saturated rings. The molecule has 0 aliphatic heterocycles. The van der Waals surface area contributed by atoms with Crippen LogP contribution in [-0.4, -0.2) is 29.1 Å². The highest BCUT2D eigenvalue weighted by Gasteiger charge is 2.35. The van der Waals surface area contributed by atoms with Gasteiger partial charge in [-0.3, -0.25) is 4.79 Å². The number of aliphatic carboxylic acids is 1.